The van der Waals surface area contributed by atoms with Gasteiger partial charge in [0.25, 0.3) is 5.91 Å². The molecular weight excluding hydrogens is 362 g/mol. The van der Waals surface area contributed by atoms with Crippen molar-refractivity contribution in [3.8, 4) is 5.75 Å². The number of rotatable bonds is 10. The Morgan fingerprint density at radius 3 is 2.52 bits per heavy atom. The minimum atomic E-state index is -0.245. The Kier molecular flexibility index (Phi) is 8.26. The number of carbonyl (C=O) groups excluding carboxylic acids is 2. The van der Waals surface area contributed by atoms with Crippen LogP contribution in [0.5, 0.6) is 5.75 Å². The van der Waals surface area contributed by atoms with Gasteiger partial charge < -0.3 is 15.0 Å². The quantitative estimate of drug-likeness (QED) is 0.621. The van der Waals surface area contributed by atoms with Crippen molar-refractivity contribution in [2.45, 2.75) is 40.0 Å². The van der Waals surface area contributed by atoms with E-state index in [1.54, 1.807) is 35.4 Å². The van der Waals surface area contributed by atoms with E-state index < -0.39 is 0 Å². The molecule has 0 saturated carbocycles. The van der Waals surface area contributed by atoms with Crippen molar-refractivity contribution in [2.75, 3.05) is 25.0 Å². The van der Waals surface area contributed by atoms with Crippen molar-refractivity contribution in [1.82, 2.24) is 9.88 Å². The highest BCUT2D eigenvalue weighted by Gasteiger charge is 2.19. The number of anilines is 1. The van der Waals surface area contributed by atoms with E-state index in [1.807, 2.05) is 13.8 Å². The molecule has 0 aliphatic heterocycles. The smallest absolute Gasteiger partial charge is 0.254 e. The number of aromatic nitrogens is 1. The molecule has 1 N–H and O–H groups in total. The normalized spacial score (nSPS) is 10.5. The van der Waals surface area contributed by atoms with Crippen LogP contribution in [0, 0.1) is 6.92 Å². The van der Waals surface area contributed by atoms with Crippen molar-refractivity contribution in [3.05, 3.63) is 40.9 Å². The van der Waals surface area contributed by atoms with E-state index in [2.05, 4.69) is 17.2 Å². The van der Waals surface area contributed by atoms with E-state index in [1.165, 1.54) is 11.3 Å². The predicted molar refractivity (Wildman–Crippen MR) is 109 cm³/mol. The van der Waals surface area contributed by atoms with Crippen LogP contribution in [0.3, 0.4) is 0 Å². The van der Waals surface area contributed by atoms with Gasteiger partial charge in [-0.1, -0.05) is 20.3 Å². The number of thiazole rings is 1. The molecule has 0 saturated heterocycles. The summed E-state index contributed by atoms with van der Waals surface area (Å²) in [6.45, 7) is 7.20. The predicted octanol–water partition coefficient (Wildman–Crippen LogP) is 4.12. The third kappa shape index (κ3) is 6.67. The fourth-order valence-electron chi connectivity index (χ4n) is 2.48. The number of unbranched alkanes of at least 4 members (excludes halogenated alkanes) is 1. The lowest BCUT2D eigenvalue weighted by atomic mass is 10.2. The molecule has 0 spiro atoms. The number of nitrogens with one attached hydrogen (secondary N) is 1. The van der Waals surface area contributed by atoms with Gasteiger partial charge in [-0.05, 0) is 44.0 Å². The van der Waals surface area contributed by atoms with Crippen LogP contribution in [0.15, 0.2) is 30.5 Å². The van der Waals surface area contributed by atoms with Crippen molar-refractivity contribution < 1.29 is 14.3 Å². The van der Waals surface area contributed by atoms with Gasteiger partial charge in [0.05, 0.1) is 6.61 Å². The number of carbonyl (C=O) groups is 2. The van der Waals surface area contributed by atoms with Crippen LogP contribution in [0.4, 0.5) is 5.13 Å². The summed E-state index contributed by atoms with van der Waals surface area (Å²) in [7, 11) is 0. The molecule has 2 amide bonds. The van der Waals surface area contributed by atoms with Gasteiger partial charge in [0, 0.05) is 23.2 Å². The standard InChI is InChI=1S/C20H27N3O3S/c1-4-6-12-26-17-9-7-16(8-10-17)19(25)23(11-5-2)14-18(24)22-20-21-13-15(3)27-20/h7-10,13H,4-6,11-12,14H2,1-3H3,(H,21,22,24). The van der Waals surface area contributed by atoms with Gasteiger partial charge in [0.1, 0.15) is 12.3 Å². The first-order valence-corrected chi connectivity index (χ1v) is 10.1. The Hall–Kier alpha value is -2.41. The Labute approximate surface area is 164 Å². The summed E-state index contributed by atoms with van der Waals surface area (Å²) in [4.78, 5) is 31.8. The Morgan fingerprint density at radius 2 is 1.93 bits per heavy atom. The van der Waals surface area contributed by atoms with E-state index in [0.717, 1.165) is 29.9 Å². The van der Waals surface area contributed by atoms with E-state index in [-0.39, 0.29) is 18.4 Å². The largest absolute Gasteiger partial charge is 0.494 e. The molecule has 7 heteroatoms. The molecule has 0 atom stereocenters. The lowest BCUT2D eigenvalue weighted by Gasteiger charge is -2.21. The number of nitrogens with zero attached hydrogens (tertiary/aromatic N) is 2. The van der Waals surface area contributed by atoms with Gasteiger partial charge >= 0.3 is 0 Å². The first-order valence-electron chi connectivity index (χ1n) is 9.27. The molecule has 1 aromatic heterocycles. The van der Waals surface area contributed by atoms with Crippen LogP contribution >= 0.6 is 11.3 Å². The maximum absolute atomic E-state index is 12.8. The molecule has 6 nitrogen and oxygen atoms in total. The minimum Gasteiger partial charge on any atom is -0.494 e. The highest BCUT2D eigenvalue weighted by molar-refractivity contribution is 7.15. The fraction of sp³-hybridized carbons (Fsp3) is 0.450. The average Bonchev–Trinajstić information content (AvgIpc) is 3.06. The van der Waals surface area contributed by atoms with Gasteiger partial charge in [-0.15, -0.1) is 11.3 Å². The van der Waals surface area contributed by atoms with Crippen LogP contribution in [0.1, 0.15) is 48.3 Å². The van der Waals surface area contributed by atoms with Gasteiger partial charge in [-0.3, -0.25) is 9.59 Å². The molecule has 1 aromatic carbocycles. The van der Waals surface area contributed by atoms with Crippen molar-refractivity contribution in [2.24, 2.45) is 0 Å². The number of hydrogen-bond donors (Lipinski definition) is 1. The number of amides is 2. The summed E-state index contributed by atoms with van der Waals surface area (Å²) in [5.41, 5.74) is 0.546. The highest BCUT2D eigenvalue weighted by atomic mass is 32.1. The number of benzene rings is 1. The second kappa shape index (κ2) is 10.7. The molecule has 2 aromatic rings. The van der Waals surface area contributed by atoms with Crippen LogP contribution in [0.25, 0.3) is 0 Å². The van der Waals surface area contributed by atoms with Gasteiger partial charge in [0.2, 0.25) is 5.91 Å². The topological polar surface area (TPSA) is 71.5 Å². The molecule has 27 heavy (non-hydrogen) atoms. The first-order chi connectivity index (χ1) is 13.0. The summed E-state index contributed by atoms with van der Waals surface area (Å²) in [5, 5.41) is 3.30. The third-order valence-electron chi connectivity index (χ3n) is 3.85. The van der Waals surface area contributed by atoms with Gasteiger partial charge in [-0.2, -0.15) is 0 Å². The molecule has 0 aliphatic carbocycles. The zero-order valence-corrected chi connectivity index (χ0v) is 17.0. The van der Waals surface area contributed by atoms with Gasteiger partial charge in [-0.25, -0.2) is 4.98 Å². The first kappa shape index (κ1) is 20.9. The maximum Gasteiger partial charge on any atom is 0.254 e. The maximum atomic E-state index is 12.8. The van der Waals surface area contributed by atoms with Crippen LogP contribution in [-0.2, 0) is 4.79 Å². The highest BCUT2D eigenvalue weighted by Crippen LogP contribution is 2.17. The molecule has 0 bridgehead atoms. The Bertz CT molecular complexity index is 743. The van der Waals surface area contributed by atoms with Crippen LogP contribution in [0.2, 0.25) is 0 Å². The fourth-order valence-corrected chi connectivity index (χ4v) is 3.16. The zero-order valence-electron chi connectivity index (χ0n) is 16.2. The average molecular weight is 390 g/mol. The Morgan fingerprint density at radius 1 is 1.19 bits per heavy atom. The van der Waals surface area contributed by atoms with E-state index >= 15 is 0 Å². The number of ether oxygens (including phenoxy) is 1. The SMILES string of the molecule is CCCCOc1ccc(C(=O)N(CCC)CC(=O)Nc2ncc(C)s2)cc1. The minimum absolute atomic E-state index is 0.0000520. The monoisotopic (exact) mass is 389 g/mol. The summed E-state index contributed by atoms with van der Waals surface area (Å²) >= 11 is 1.41. The summed E-state index contributed by atoms with van der Waals surface area (Å²) < 4.78 is 5.63. The Balaban J connectivity index is 1.97. The van der Waals surface area contributed by atoms with Crippen LogP contribution < -0.4 is 10.1 Å². The zero-order chi connectivity index (χ0) is 19.6. The second-order valence-corrected chi connectivity index (χ2v) is 7.51. The molecule has 146 valence electrons. The molecule has 0 radical (unpaired) electrons. The molecular formula is C20H27N3O3S. The molecule has 0 unspecified atom stereocenters. The van der Waals surface area contributed by atoms with Crippen molar-refractivity contribution in [3.63, 3.8) is 0 Å². The van der Waals surface area contributed by atoms with Crippen molar-refractivity contribution in [1.29, 1.82) is 0 Å². The third-order valence-corrected chi connectivity index (χ3v) is 4.68. The second-order valence-electron chi connectivity index (χ2n) is 6.28. The van der Waals surface area contributed by atoms with E-state index in [4.69, 9.17) is 4.74 Å². The molecule has 1 heterocycles. The molecule has 2 rings (SSSR count). The summed E-state index contributed by atoms with van der Waals surface area (Å²) in [5.74, 6) is 0.340. The summed E-state index contributed by atoms with van der Waals surface area (Å²) in [6.07, 6.45) is 4.55. The number of aryl methyl sites for hydroxylation is 1. The van der Waals surface area contributed by atoms with E-state index in [9.17, 15) is 9.59 Å². The van der Waals surface area contributed by atoms with Crippen molar-refractivity contribution >= 4 is 28.3 Å². The number of hydrogen-bond acceptors (Lipinski definition) is 5. The lowest BCUT2D eigenvalue weighted by molar-refractivity contribution is -0.116. The van der Waals surface area contributed by atoms with Crippen LogP contribution in [-0.4, -0.2) is 41.4 Å². The summed E-state index contributed by atoms with van der Waals surface area (Å²) in [6, 6.07) is 7.08. The lowest BCUT2D eigenvalue weighted by Crippen LogP contribution is -2.38. The molecule has 0 aliphatic rings. The molecule has 0 fully saturated rings. The van der Waals surface area contributed by atoms with E-state index in [0.29, 0.717) is 23.8 Å². The van der Waals surface area contributed by atoms with Gasteiger partial charge in [0.15, 0.2) is 5.13 Å².